The molecule has 0 amide bonds. The van der Waals surface area contributed by atoms with Crippen molar-refractivity contribution in [3.8, 4) is 0 Å². The average Bonchev–Trinajstić information content (AvgIpc) is 2.27. The number of nitrogens with one attached hydrogen (secondary N) is 1. The molecule has 0 aliphatic rings. The van der Waals surface area contributed by atoms with Crippen LogP contribution in [0.2, 0.25) is 5.02 Å². The van der Waals surface area contributed by atoms with Crippen LogP contribution in [-0.4, -0.2) is 23.6 Å². The average molecular weight is 290 g/mol. The molecule has 0 heterocycles. The standard InChI is InChI=1S/C14H21ClFNS/c1-14(2,3)18-9-12(17-4)8-10-7-11(16)5-6-13(10)15/h5-7,12,17H,8-9H2,1-4H3. The van der Waals surface area contributed by atoms with Crippen LogP contribution >= 0.6 is 23.4 Å². The fraction of sp³-hybridized carbons (Fsp3) is 0.571. The van der Waals surface area contributed by atoms with Gasteiger partial charge in [-0.3, -0.25) is 0 Å². The van der Waals surface area contributed by atoms with Crippen LogP contribution in [0.4, 0.5) is 4.39 Å². The molecule has 0 aliphatic heterocycles. The largest absolute Gasteiger partial charge is 0.316 e. The van der Waals surface area contributed by atoms with Crippen LogP contribution in [0.15, 0.2) is 18.2 Å². The Morgan fingerprint density at radius 1 is 1.39 bits per heavy atom. The predicted octanol–water partition coefficient (Wildman–Crippen LogP) is 4.14. The molecular formula is C14H21ClFNS. The van der Waals surface area contributed by atoms with Gasteiger partial charge in [0, 0.05) is 21.6 Å². The minimum atomic E-state index is -0.229. The van der Waals surface area contributed by atoms with E-state index in [0.29, 0.717) is 11.1 Å². The fourth-order valence-corrected chi connectivity index (χ4v) is 2.74. The Kier molecular flexibility index (Phi) is 5.96. The van der Waals surface area contributed by atoms with Crippen molar-refractivity contribution in [1.82, 2.24) is 5.32 Å². The van der Waals surface area contributed by atoms with Crippen molar-refractivity contribution in [2.75, 3.05) is 12.8 Å². The van der Waals surface area contributed by atoms with Gasteiger partial charge in [-0.2, -0.15) is 11.8 Å². The van der Waals surface area contributed by atoms with Gasteiger partial charge in [0.2, 0.25) is 0 Å². The van der Waals surface area contributed by atoms with E-state index in [2.05, 4.69) is 26.1 Å². The maximum absolute atomic E-state index is 13.2. The summed E-state index contributed by atoms with van der Waals surface area (Å²) in [5.74, 6) is 0.750. The van der Waals surface area contributed by atoms with Gasteiger partial charge < -0.3 is 5.32 Å². The number of benzene rings is 1. The van der Waals surface area contributed by atoms with E-state index in [9.17, 15) is 4.39 Å². The molecule has 1 atom stereocenters. The third kappa shape index (κ3) is 5.59. The van der Waals surface area contributed by atoms with Gasteiger partial charge in [0.25, 0.3) is 0 Å². The number of halogens is 2. The molecule has 1 rings (SSSR count). The molecule has 0 saturated carbocycles. The number of rotatable bonds is 5. The van der Waals surface area contributed by atoms with Gasteiger partial charge in [0.05, 0.1) is 0 Å². The van der Waals surface area contributed by atoms with Crippen molar-refractivity contribution >= 4 is 23.4 Å². The van der Waals surface area contributed by atoms with E-state index in [1.165, 1.54) is 12.1 Å². The van der Waals surface area contributed by atoms with Crippen LogP contribution in [0, 0.1) is 5.82 Å². The van der Waals surface area contributed by atoms with Gasteiger partial charge in [-0.25, -0.2) is 4.39 Å². The van der Waals surface area contributed by atoms with Gasteiger partial charge in [0.1, 0.15) is 5.82 Å². The monoisotopic (exact) mass is 289 g/mol. The summed E-state index contributed by atoms with van der Waals surface area (Å²) in [5.41, 5.74) is 0.866. The van der Waals surface area contributed by atoms with Crippen molar-refractivity contribution in [2.45, 2.75) is 38.0 Å². The zero-order valence-electron chi connectivity index (χ0n) is 11.4. The molecule has 1 aromatic carbocycles. The van der Waals surface area contributed by atoms with Crippen LogP contribution < -0.4 is 5.32 Å². The summed E-state index contributed by atoms with van der Waals surface area (Å²) in [6.07, 6.45) is 0.746. The molecule has 0 fully saturated rings. The van der Waals surface area contributed by atoms with Gasteiger partial charge in [-0.05, 0) is 37.2 Å². The van der Waals surface area contributed by atoms with E-state index in [4.69, 9.17) is 11.6 Å². The van der Waals surface area contributed by atoms with E-state index in [-0.39, 0.29) is 10.6 Å². The quantitative estimate of drug-likeness (QED) is 0.874. The summed E-state index contributed by atoms with van der Waals surface area (Å²) < 4.78 is 13.4. The van der Waals surface area contributed by atoms with Crippen molar-refractivity contribution in [3.63, 3.8) is 0 Å². The van der Waals surface area contributed by atoms with Crippen LogP contribution in [0.5, 0.6) is 0 Å². The lowest BCUT2D eigenvalue weighted by atomic mass is 10.1. The Hall–Kier alpha value is -0.250. The van der Waals surface area contributed by atoms with Crippen molar-refractivity contribution in [2.24, 2.45) is 0 Å². The number of hydrogen-bond donors (Lipinski definition) is 1. The molecule has 1 nitrogen and oxygen atoms in total. The Balaban J connectivity index is 2.65. The summed E-state index contributed by atoms with van der Waals surface area (Å²) in [7, 11) is 1.93. The van der Waals surface area contributed by atoms with Crippen LogP contribution in [0.3, 0.4) is 0 Å². The third-order valence-corrected chi connectivity index (χ3v) is 4.40. The number of hydrogen-bond acceptors (Lipinski definition) is 2. The molecule has 1 aromatic rings. The second-order valence-corrected chi connectivity index (χ2v) is 7.60. The van der Waals surface area contributed by atoms with Crippen molar-refractivity contribution in [1.29, 1.82) is 0 Å². The molecule has 4 heteroatoms. The maximum atomic E-state index is 13.2. The highest BCUT2D eigenvalue weighted by atomic mass is 35.5. The lowest BCUT2D eigenvalue weighted by molar-refractivity contribution is 0.601. The Morgan fingerprint density at radius 3 is 2.61 bits per heavy atom. The lowest BCUT2D eigenvalue weighted by Gasteiger charge is -2.23. The van der Waals surface area contributed by atoms with Crippen LogP contribution in [0.1, 0.15) is 26.3 Å². The highest BCUT2D eigenvalue weighted by Crippen LogP contribution is 2.25. The topological polar surface area (TPSA) is 12.0 Å². The Morgan fingerprint density at radius 2 is 2.06 bits per heavy atom. The lowest BCUT2D eigenvalue weighted by Crippen LogP contribution is -2.31. The molecule has 1 N–H and O–H groups in total. The first-order valence-corrected chi connectivity index (χ1v) is 7.43. The van der Waals surface area contributed by atoms with Gasteiger partial charge in [-0.1, -0.05) is 32.4 Å². The maximum Gasteiger partial charge on any atom is 0.123 e. The molecule has 0 saturated heterocycles. The first-order chi connectivity index (χ1) is 8.31. The summed E-state index contributed by atoms with van der Waals surface area (Å²) in [4.78, 5) is 0. The predicted molar refractivity (Wildman–Crippen MR) is 80.2 cm³/mol. The molecule has 0 spiro atoms. The SMILES string of the molecule is CNC(CSC(C)(C)C)Cc1cc(F)ccc1Cl. The van der Waals surface area contributed by atoms with Gasteiger partial charge in [0.15, 0.2) is 0 Å². The van der Waals surface area contributed by atoms with Crippen molar-refractivity contribution < 1.29 is 4.39 Å². The first-order valence-electron chi connectivity index (χ1n) is 6.07. The van der Waals surface area contributed by atoms with E-state index in [0.717, 1.165) is 17.7 Å². The summed E-state index contributed by atoms with van der Waals surface area (Å²) >= 11 is 7.98. The summed E-state index contributed by atoms with van der Waals surface area (Å²) in [6.45, 7) is 6.58. The molecule has 0 aliphatic carbocycles. The molecule has 0 radical (unpaired) electrons. The van der Waals surface area contributed by atoms with E-state index in [1.807, 2.05) is 18.8 Å². The minimum absolute atomic E-state index is 0.229. The zero-order chi connectivity index (χ0) is 13.8. The second kappa shape index (κ2) is 6.78. The highest BCUT2D eigenvalue weighted by molar-refractivity contribution is 8.00. The highest BCUT2D eigenvalue weighted by Gasteiger charge is 2.16. The summed E-state index contributed by atoms with van der Waals surface area (Å²) in [6, 6.07) is 4.84. The van der Waals surface area contributed by atoms with Gasteiger partial charge >= 0.3 is 0 Å². The summed E-state index contributed by atoms with van der Waals surface area (Å²) in [5, 5.41) is 3.90. The van der Waals surface area contributed by atoms with E-state index >= 15 is 0 Å². The molecule has 0 aromatic heterocycles. The van der Waals surface area contributed by atoms with Gasteiger partial charge in [-0.15, -0.1) is 0 Å². The third-order valence-electron chi connectivity index (χ3n) is 2.60. The van der Waals surface area contributed by atoms with Crippen LogP contribution in [0.25, 0.3) is 0 Å². The van der Waals surface area contributed by atoms with Crippen LogP contribution in [-0.2, 0) is 6.42 Å². The fourth-order valence-electron chi connectivity index (χ4n) is 1.56. The molecule has 102 valence electrons. The zero-order valence-corrected chi connectivity index (χ0v) is 13.0. The molecule has 0 bridgehead atoms. The van der Waals surface area contributed by atoms with E-state index in [1.54, 1.807) is 6.07 Å². The second-order valence-electron chi connectivity index (χ2n) is 5.35. The Bertz CT molecular complexity index is 390. The minimum Gasteiger partial charge on any atom is -0.316 e. The molecule has 18 heavy (non-hydrogen) atoms. The van der Waals surface area contributed by atoms with Crippen molar-refractivity contribution in [3.05, 3.63) is 34.6 Å². The first kappa shape index (κ1) is 15.8. The van der Waals surface area contributed by atoms with E-state index < -0.39 is 0 Å². The smallest absolute Gasteiger partial charge is 0.123 e. The normalized spacial score (nSPS) is 13.7. The molecular weight excluding hydrogens is 269 g/mol. The Labute approximate surface area is 118 Å². The molecule has 1 unspecified atom stereocenters. The number of thioether (sulfide) groups is 1. The number of likely N-dealkylation sites (N-methyl/N-ethyl adjacent to an activating group) is 1.